The summed E-state index contributed by atoms with van der Waals surface area (Å²) < 4.78 is 27.4. The van der Waals surface area contributed by atoms with Crippen LogP contribution in [0.3, 0.4) is 0 Å². The zero-order valence-electron chi connectivity index (χ0n) is 11.1. The Hall–Kier alpha value is -2.25. The van der Waals surface area contributed by atoms with Gasteiger partial charge in [-0.3, -0.25) is 9.48 Å². The number of halogens is 2. The normalized spacial score (nSPS) is 12.7. The van der Waals surface area contributed by atoms with Gasteiger partial charge in [0, 0.05) is 18.9 Å². The maximum atomic E-state index is 12.7. The van der Waals surface area contributed by atoms with Crippen molar-refractivity contribution < 1.29 is 13.6 Å². The SMILES string of the molecule is CCn1nccc1C(C)NC(=O)c1ccnn1C(F)F. The van der Waals surface area contributed by atoms with Gasteiger partial charge in [-0.1, -0.05) is 0 Å². The summed E-state index contributed by atoms with van der Waals surface area (Å²) in [6.45, 7) is 1.51. The number of nitrogens with zero attached hydrogens (tertiary/aromatic N) is 4. The van der Waals surface area contributed by atoms with Gasteiger partial charge in [-0.2, -0.15) is 23.7 Å². The molecule has 0 aliphatic rings. The summed E-state index contributed by atoms with van der Waals surface area (Å²) in [5, 5.41) is 10.2. The molecule has 6 nitrogen and oxygen atoms in total. The van der Waals surface area contributed by atoms with Crippen LogP contribution in [-0.2, 0) is 6.54 Å². The smallest absolute Gasteiger partial charge is 0.333 e. The largest absolute Gasteiger partial charge is 0.343 e. The van der Waals surface area contributed by atoms with E-state index in [1.54, 1.807) is 23.9 Å². The van der Waals surface area contributed by atoms with E-state index in [1.165, 1.54) is 12.3 Å². The molecule has 0 radical (unpaired) electrons. The first kappa shape index (κ1) is 14.2. The highest BCUT2D eigenvalue weighted by Crippen LogP contribution is 2.15. The van der Waals surface area contributed by atoms with Gasteiger partial charge in [0.25, 0.3) is 5.91 Å². The third kappa shape index (κ3) is 2.68. The van der Waals surface area contributed by atoms with Gasteiger partial charge in [0.1, 0.15) is 5.69 Å². The van der Waals surface area contributed by atoms with E-state index < -0.39 is 12.5 Å². The molecule has 20 heavy (non-hydrogen) atoms. The topological polar surface area (TPSA) is 64.7 Å². The zero-order valence-corrected chi connectivity index (χ0v) is 11.1. The minimum Gasteiger partial charge on any atom is -0.343 e. The molecule has 1 unspecified atom stereocenters. The second-order valence-corrected chi connectivity index (χ2v) is 4.21. The molecule has 8 heteroatoms. The van der Waals surface area contributed by atoms with Crippen LogP contribution >= 0.6 is 0 Å². The van der Waals surface area contributed by atoms with Crippen LogP contribution in [0, 0.1) is 0 Å². The first-order chi connectivity index (χ1) is 9.54. The van der Waals surface area contributed by atoms with Crippen LogP contribution in [0.1, 0.15) is 42.6 Å². The Morgan fingerprint density at radius 1 is 1.35 bits per heavy atom. The Balaban J connectivity index is 2.13. The molecular weight excluding hydrogens is 268 g/mol. The molecule has 1 atom stereocenters. The second-order valence-electron chi connectivity index (χ2n) is 4.21. The Kier molecular flexibility index (Phi) is 4.11. The van der Waals surface area contributed by atoms with Gasteiger partial charge in [0.15, 0.2) is 0 Å². The van der Waals surface area contributed by atoms with E-state index in [1.807, 2.05) is 6.92 Å². The van der Waals surface area contributed by atoms with Gasteiger partial charge in [-0.05, 0) is 26.0 Å². The standard InChI is InChI=1S/C12H15F2N5O/c1-3-18-9(4-6-15-18)8(2)17-11(20)10-5-7-16-19(10)12(13)14/h4-8,12H,3H2,1-2H3,(H,17,20). The number of hydrogen-bond acceptors (Lipinski definition) is 3. The van der Waals surface area contributed by atoms with Gasteiger partial charge >= 0.3 is 6.55 Å². The Labute approximate surface area is 114 Å². The lowest BCUT2D eigenvalue weighted by Gasteiger charge is -2.15. The number of amides is 1. The number of alkyl halides is 2. The van der Waals surface area contributed by atoms with Crippen LogP contribution in [0.2, 0.25) is 0 Å². The van der Waals surface area contributed by atoms with Crippen LogP contribution in [0.15, 0.2) is 24.5 Å². The fraction of sp³-hybridized carbons (Fsp3) is 0.417. The fourth-order valence-corrected chi connectivity index (χ4v) is 1.97. The maximum absolute atomic E-state index is 12.7. The number of aromatic nitrogens is 4. The van der Waals surface area contributed by atoms with Crippen molar-refractivity contribution in [3.05, 3.63) is 35.9 Å². The maximum Gasteiger partial charge on any atom is 0.333 e. The zero-order chi connectivity index (χ0) is 14.7. The molecule has 0 aliphatic heterocycles. The molecule has 108 valence electrons. The van der Waals surface area contributed by atoms with E-state index in [0.717, 1.165) is 5.69 Å². The Morgan fingerprint density at radius 3 is 2.70 bits per heavy atom. The second kappa shape index (κ2) is 5.81. The van der Waals surface area contributed by atoms with Crippen LogP contribution in [-0.4, -0.2) is 25.5 Å². The molecule has 2 rings (SSSR count). The van der Waals surface area contributed by atoms with Crippen LogP contribution in [0.4, 0.5) is 8.78 Å². The van der Waals surface area contributed by atoms with E-state index in [2.05, 4.69) is 15.5 Å². The van der Waals surface area contributed by atoms with Crippen molar-refractivity contribution in [2.45, 2.75) is 33.0 Å². The van der Waals surface area contributed by atoms with E-state index >= 15 is 0 Å². The monoisotopic (exact) mass is 283 g/mol. The average molecular weight is 283 g/mol. The summed E-state index contributed by atoms with van der Waals surface area (Å²) in [6.07, 6.45) is 2.80. The van der Waals surface area contributed by atoms with Gasteiger partial charge in [0.2, 0.25) is 0 Å². The van der Waals surface area contributed by atoms with E-state index in [-0.39, 0.29) is 11.7 Å². The number of aryl methyl sites for hydroxylation is 1. The quantitative estimate of drug-likeness (QED) is 0.912. The molecule has 0 fully saturated rings. The van der Waals surface area contributed by atoms with Gasteiger partial charge in [-0.25, -0.2) is 0 Å². The molecule has 0 saturated heterocycles. The molecular formula is C12H15F2N5O. The molecule has 0 spiro atoms. The molecule has 2 aromatic heterocycles. The van der Waals surface area contributed by atoms with E-state index in [0.29, 0.717) is 11.2 Å². The molecule has 0 aromatic carbocycles. The lowest BCUT2D eigenvalue weighted by molar-refractivity contribution is 0.0507. The third-order valence-electron chi connectivity index (χ3n) is 2.93. The minimum atomic E-state index is -2.85. The van der Waals surface area contributed by atoms with Crippen LogP contribution < -0.4 is 5.32 Å². The number of carbonyl (C=O) groups excluding carboxylic acids is 1. The van der Waals surface area contributed by atoms with Crippen molar-refractivity contribution in [1.82, 2.24) is 24.9 Å². The number of rotatable bonds is 5. The summed E-state index contributed by atoms with van der Waals surface area (Å²) >= 11 is 0. The van der Waals surface area contributed by atoms with Crippen LogP contribution in [0.5, 0.6) is 0 Å². The average Bonchev–Trinajstić information content (AvgIpc) is 3.07. The molecule has 0 saturated carbocycles. The number of nitrogens with one attached hydrogen (secondary N) is 1. The van der Waals surface area contributed by atoms with Crippen LogP contribution in [0.25, 0.3) is 0 Å². The van der Waals surface area contributed by atoms with Gasteiger partial charge in [-0.15, -0.1) is 0 Å². The number of carbonyl (C=O) groups is 1. The molecule has 0 bridgehead atoms. The minimum absolute atomic E-state index is 0.172. The predicted molar refractivity (Wildman–Crippen MR) is 67.3 cm³/mol. The fourth-order valence-electron chi connectivity index (χ4n) is 1.97. The molecule has 1 amide bonds. The summed E-state index contributed by atoms with van der Waals surface area (Å²) in [5.41, 5.74) is 0.637. The molecule has 1 N–H and O–H groups in total. The highest BCUT2D eigenvalue weighted by molar-refractivity contribution is 5.92. The van der Waals surface area contributed by atoms with Crippen molar-refractivity contribution >= 4 is 5.91 Å². The van der Waals surface area contributed by atoms with Crippen molar-refractivity contribution in [3.63, 3.8) is 0 Å². The summed E-state index contributed by atoms with van der Waals surface area (Å²) in [7, 11) is 0. The predicted octanol–water partition coefficient (Wildman–Crippen LogP) is 1.99. The molecule has 2 aromatic rings. The Morgan fingerprint density at radius 2 is 2.05 bits per heavy atom. The number of hydrogen-bond donors (Lipinski definition) is 1. The van der Waals surface area contributed by atoms with E-state index in [9.17, 15) is 13.6 Å². The van der Waals surface area contributed by atoms with Crippen molar-refractivity contribution in [3.8, 4) is 0 Å². The molecule has 2 heterocycles. The molecule has 0 aliphatic carbocycles. The van der Waals surface area contributed by atoms with Crippen molar-refractivity contribution in [1.29, 1.82) is 0 Å². The van der Waals surface area contributed by atoms with Crippen molar-refractivity contribution in [2.75, 3.05) is 0 Å². The van der Waals surface area contributed by atoms with Gasteiger partial charge in [0.05, 0.1) is 11.7 Å². The summed E-state index contributed by atoms with van der Waals surface area (Å²) in [4.78, 5) is 12.0. The van der Waals surface area contributed by atoms with E-state index in [4.69, 9.17) is 0 Å². The summed E-state index contributed by atoms with van der Waals surface area (Å²) in [5.74, 6) is -0.598. The first-order valence-corrected chi connectivity index (χ1v) is 6.18. The highest BCUT2D eigenvalue weighted by Gasteiger charge is 2.20. The Bertz CT molecular complexity index is 592. The van der Waals surface area contributed by atoms with Gasteiger partial charge < -0.3 is 5.32 Å². The lowest BCUT2D eigenvalue weighted by atomic mass is 10.2. The lowest BCUT2D eigenvalue weighted by Crippen LogP contribution is -2.30. The van der Waals surface area contributed by atoms with Crippen molar-refractivity contribution in [2.24, 2.45) is 0 Å². The first-order valence-electron chi connectivity index (χ1n) is 6.18. The highest BCUT2D eigenvalue weighted by atomic mass is 19.3. The third-order valence-corrected chi connectivity index (χ3v) is 2.93. The summed E-state index contributed by atoms with van der Waals surface area (Å²) in [6, 6.07) is 2.69.